The summed E-state index contributed by atoms with van der Waals surface area (Å²) in [5.74, 6) is 0.568. The number of hydrogen-bond acceptors (Lipinski definition) is 4. The molecule has 0 amide bonds. The smallest absolute Gasteiger partial charge is 0.191 e. The number of aryl methyl sites for hydroxylation is 1. The minimum absolute atomic E-state index is 0. The molecule has 3 rings (SSSR count). The fraction of sp³-hybridized carbons (Fsp3) is 0.478. The van der Waals surface area contributed by atoms with Gasteiger partial charge in [0.15, 0.2) is 5.96 Å². The molecule has 1 fully saturated rings. The van der Waals surface area contributed by atoms with Crippen molar-refractivity contribution in [2.24, 2.45) is 4.99 Å². The van der Waals surface area contributed by atoms with Crippen molar-refractivity contribution in [1.82, 2.24) is 20.5 Å². The minimum atomic E-state index is -0.541. The Labute approximate surface area is 206 Å². The first kappa shape index (κ1) is 26.2. The summed E-state index contributed by atoms with van der Waals surface area (Å²) in [6, 6.07) is 9.86. The predicted octanol–water partition coefficient (Wildman–Crippen LogP) is 3.72. The first-order valence-corrected chi connectivity index (χ1v) is 10.6. The second-order valence-electron chi connectivity index (χ2n) is 8.11. The first-order valence-electron chi connectivity index (χ1n) is 10.6. The molecule has 1 aliphatic rings. The van der Waals surface area contributed by atoms with Crippen LogP contribution in [0.3, 0.4) is 0 Å². The summed E-state index contributed by atoms with van der Waals surface area (Å²) in [6.45, 7) is 4.15. The van der Waals surface area contributed by atoms with E-state index in [1.807, 2.05) is 39.2 Å². The molecule has 0 spiro atoms. The summed E-state index contributed by atoms with van der Waals surface area (Å²) in [5, 5.41) is 6.69. The van der Waals surface area contributed by atoms with Crippen LogP contribution in [0.15, 0.2) is 41.4 Å². The number of benzene rings is 1. The average molecular weight is 558 g/mol. The second-order valence-corrected chi connectivity index (χ2v) is 8.11. The quantitative estimate of drug-likeness (QED) is 0.322. The number of aromatic nitrogens is 1. The zero-order valence-corrected chi connectivity index (χ0v) is 21.4. The van der Waals surface area contributed by atoms with E-state index in [1.54, 1.807) is 11.9 Å². The number of halogens is 3. The molecule has 1 unspecified atom stereocenters. The molecule has 0 saturated carbocycles. The summed E-state index contributed by atoms with van der Waals surface area (Å²) in [4.78, 5) is 13.0. The molecule has 176 valence electrons. The molecular formula is C23H33F2IN6. The van der Waals surface area contributed by atoms with Crippen LogP contribution >= 0.6 is 24.0 Å². The number of likely N-dealkylation sites (N-methyl/N-ethyl adjacent to an activating group) is 1. The van der Waals surface area contributed by atoms with Crippen molar-refractivity contribution in [3.05, 3.63) is 59.3 Å². The van der Waals surface area contributed by atoms with Crippen molar-refractivity contribution < 1.29 is 8.78 Å². The minimum Gasteiger partial charge on any atom is -0.356 e. The van der Waals surface area contributed by atoms with E-state index in [-0.39, 0.29) is 35.6 Å². The number of piperidine rings is 1. The Kier molecular flexibility index (Phi) is 10.1. The van der Waals surface area contributed by atoms with E-state index in [0.29, 0.717) is 12.5 Å². The summed E-state index contributed by atoms with van der Waals surface area (Å²) in [6.07, 6.45) is 1.91. The number of nitrogens with one attached hydrogen (secondary N) is 2. The maximum Gasteiger partial charge on any atom is 0.191 e. The van der Waals surface area contributed by atoms with Gasteiger partial charge in [-0.15, -0.1) is 24.0 Å². The second kappa shape index (κ2) is 12.3. The number of aliphatic imine (C=N–C) groups is 1. The summed E-state index contributed by atoms with van der Waals surface area (Å²) >= 11 is 0. The highest BCUT2D eigenvalue weighted by molar-refractivity contribution is 14.0. The molecule has 0 radical (unpaired) electrons. The average Bonchev–Trinajstić information content (AvgIpc) is 2.75. The Morgan fingerprint density at radius 2 is 1.78 bits per heavy atom. The third-order valence-corrected chi connectivity index (χ3v) is 5.68. The Morgan fingerprint density at radius 1 is 1.16 bits per heavy atom. The lowest BCUT2D eigenvalue weighted by Gasteiger charge is -2.34. The Balaban J connectivity index is 0.00000363. The molecular weight excluding hydrogens is 525 g/mol. The highest BCUT2D eigenvalue weighted by Gasteiger charge is 2.24. The van der Waals surface area contributed by atoms with E-state index in [1.165, 1.54) is 18.2 Å². The van der Waals surface area contributed by atoms with Crippen LogP contribution < -0.4 is 15.5 Å². The topological polar surface area (TPSA) is 55.8 Å². The molecule has 1 aliphatic heterocycles. The van der Waals surface area contributed by atoms with E-state index < -0.39 is 17.7 Å². The molecule has 32 heavy (non-hydrogen) atoms. The van der Waals surface area contributed by atoms with Gasteiger partial charge in [-0.25, -0.2) is 13.8 Å². The molecule has 6 nitrogen and oxygen atoms in total. The lowest BCUT2D eigenvalue weighted by Crippen LogP contribution is -2.50. The Bertz CT molecular complexity index is 880. The van der Waals surface area contributed by atoms with E-state index in [9.17, 15) is 8.78 Å². The molecule has 0 bridgehead atoms. The normalized spacial score (nSPS) is 16.0. The Morgan fingerprint density at radius 3 is 2.34 bits per heavy atom. The molecule has 2 aromatic rings. The Hall–Kier alpha value is -2.01. The summed E-state index contributed by atoms with van der Waals surface area (Å²) in [7, 11) is 5.32. The molecule has 2 heterocycles. The third-order valence-electron chi connectivity index (χ3n) is 5.68. The van der Waals surface area contributed by atoms with Crippen LogP contribution in [-0.4, -0.2) is 62.7 Å². The molecule has 1 aromatic heterocycles. The monoisotopic (exact) mass is 558 g/mol. The highest BCUT2D eigenvalue weighted by Crippen LogP contribution is 2.24. The number of rotatable bonds is 6. The van der Waals surface area contributed by atoms with Crippen molar-refractivity contribution in [2.45, 2.75) is 31.8 Å². The molecule has 2 N–H and O–H groups in total. The van der Waals surface area contributed by atoms with E-state index in [4.69, 9.17) is 0 Å². The van der Waals surface area contributed by atoms with Crippen molar-refractivity contribution in [2.75, 3.05) is 45.7 Å². The van der Waals surface area contributed by atoms with E-state index in [0.717, 1.165) is 37.4 Å². The highest BCUT2D eigenvalue weighted by atomic mass is 127. The van der Waals surface area contributed by atoms with Crippen LogP contribution in [0.4, 0.5) is 14.6 Å². The van der Waals surface area contributed by atoms with Gasteiger partial charge in [0.25, 0.3) is 0 Å². The van der Waals surface area contributed by atoms with Crippen LogP contribution in [0.5, 0.6) is 0 Å². The van der Waals surface area contributed by atoms with Gasteiger partial charge in [-0.05, 0) is 58.1 Å². The van der Waals surface area contributed by atoms with Crippen molar-refractivity contribution in [3.8, 4) is 0 Å². The molecule has 1 atom stereocenters. The van der Waals surface area contributed by atoms with Crippen LogP contribution in [-0.2, 0) is 0 Å². The van der Waals surface area contributed by atoms with Crippen LogP contribution in [0.1, 0.15) is 30.1 Å². The van der Waals surface area contributed by atoms with Crippen LogP contribution in [0.25, 0.3) is 0 Å². The number of nitrogens with zero attached hydrogens (tertiary/aromatic N) is 4. The lowest BCUT2D eigenvalue weighted by atomic mass is 10.0. The van der Waals surface area contributed by atoms with Gasteiger partial charge in [0.2, 0.25) is 0 Å². The lowest BCUT2D eigenvalue weighted by molar-refractivity contribution is 0.282. The predicted molar refractivity (Wildman–Crippen MR) is 137 cm³/mol. The zero-order valence-electron chi connectivity index (χ0n) is 19.1. The largest absolute Gasteiger partial charge is 0.356 e. The van der Waals surface area contributed by atoms with Crippen molar-refractivity contribution >= 4 is 35.8 Å². The first-order chi connectivity index (χ1) is 14.9. The molecule has 1 aromatic carbocycles. The fourth-order valence-corrected chi connectivity index (χ4v) is 3.91. The zero-order chi connectivity index (χ0) is 22.4. The molecule has 0 aliphatic carbocycles. The van der Waals surface area contributed by atoms with Gasteiger partial charge in [0.1, 0.15) is 17.5 Å². The van der Waals surface area contributed by atoms with Crippen LogP contribution in [0.2, 0.25) is 0 Å². The van der Waals surface area contributed by atoms with E-state index in [2.05, 4.69) is 25.5 Å². The van der Waals surface area contributed by atoms with Gasteiger partial charge in [-0.3, -0.25) is 4.99 Å². The maximum absolute atomic E-state index is 14.3. The summed E-state index contributed by atoms with van der Waals surface area (Å²) < 4.78 is 28.6. The van der Waals surface area contributed by atoms with Crippen molar-refractivity contribution in [1.29, 1.82) is 0 Å². The van der Waals surface area contributed by atoms with E-state index >= 15 is 0 Å². The number of pyridine rings is 1. The van der Waals surface area contributed by atoms with Crippen LogP contribution in [0, 0.1) is 18.6 Å². The fourth-order valence-electron chi connectivity index (χ4n) is 3.91. The SMILES string of the molecule is CN=C(NCC(c1c(F)cccc1F)N(C)C)NC1CCN(c2cccc(C)n2)CC1.I. The van der Waals surface area contributed by atoms with Gasteiger partial charge in [0.05, 0.1) is 6.04 Å². The van der Waals surface area contributed by atoms with Gasteiger partial charge in [-0.1, -0.05) is 12.1 Å². The summed E-state index contributed by atoms with van der Waals surface area (Å²) in [5.41, 5.74) is 1.08. The van der Waals surface area contributed by atoms with Gasteiger partial charge >= 0.3 is 0 Å². The van der Waals surface area contributed by atoms with Gasteiger partial charge < -0.3 is 20.4 Å². The van der Waals surface area contributed by atoms with Gasteiger partial charge in [0, 0.05) is 44.0 Å². The molecule has 1 saturated heterocycles. The third kappa shape index (κ3) is 6.74. The standard InChI is InChI=1S/C23H32F2N6.HI/c1-16-7-5-10-21(28-16)31-13-11-17(12-14-31)29-23(26-2)27-15-20(30(3)4)22-18(24)8-6-9-19(22)25;/h5-10,17,20H,11-15H2,1-4H3,(H2,26,27,29);1H. The number of hydrogen-bond donors (Lipinski definition) is 2. The van der Waals surface area contributed by atoms with Crippen molar-refractivity contribution in [3.63, 3.8) is 0 Å². The van der Waals surface area contributed by atoms with Gasteiger partial charge in [-0.2, -0.15) is 0 Å². The number of guanidine groups is 1. The number of anilines is 1. The molecule has 9 heteroatoms. The maximum atomic E-state index is 14.3.